The van der Waals surface area contributed by atoms with Gasteiger partial charge in [-0.2, -0.15) is 4.98 Å². The van der Waals surface area contributed by atoms with E-state index in [0.717, 1.165) is 18.8 Å². The van der Waals surface area contributed by atoms with Gasteiger partial charge in [0.2, 0.25) is 11.8 Å². The molecule has 138 valence electrons. The van der Waals surface area contributed by atoms with Gasteiger partial charge in [-0.25, -0.2) is 4.79 Å². The van der Waals surface area contributed by atoms with E-state index in [1.807, 2.05) is 0 Å². The number of amides is 1. The van der Waals surface area contributed by atoms with Crippen LogP contribution in [0.2, 0.25) is 0 Å². The number of aryl methyl sites for hydroxylation is 1. The number of carbonyl (C=O) groups excluding carboxylic acids is 1. The second-order valence-corrected chi connectivity index (χ2v) is 6.72. The van der Waals surface area contributed by atoms with Crippen LogP contribution in [-0.2, 0) is 17.6 Å². The molecule has 0 radical (unpaired) electrons. The van der Waals surface area contributed by atoms with Gasteiger partial charge in [0.25, 0.3) is 0 Å². The number of anilines is 1. The predicted octanol–water partition coefficient (Wildman–Crippen LogP) is 3.46. The summed E-state index contributed by atoms with van der Waals surface area (Å²) in [6.45, 7) is 0. The zero-order chi connectivity index (χ0) is 18.4. The van der Waals surface area contributed by atoms with E-state index in [4.69, 9.17) is 9.63 Å². The Kier molecular flexibility index (Phi) is 5.99. The van der Waals surface area contributed by atoms with Crippen LogP contribution < -0.4 is 5.32 Å². The molecule has 0 bridgehead atoms. The minimum absolute atomic E-state index is 0.0436. The molecule has 1 aliphatic rings. The summed E-state index contributed by atoms with van der Waals surface area (Å²) in [6, 6.07) is 6.26. The highest BCUT2D eigenvalue weighted by molar-refractivity contribution is 6.00. The lowest BCUT2D eigenvalue weighted by molar-refractivity contribution is -0.115. The van der Waals surface area contributed by atoms with Gasteiger partial charge in [0, 0.05) is 6.42 Å². The third-order valence-electron chi connectivity index (χ3n) is 4.75. The number of carboxylic acid groups (broad SMARTS) is 1. The van der Waals surface area contributed by atoms with Crippen LogP contribution in [0.15, 0.2) is 28.8 Å². The number of rotatable bonds is 7. The lowest BCUT2D eigenvalue weighted by atomic mass is 9.86. The predicted molar refractivity (Wildman–Crippen MR) is 94.9 cm³/mol. The number of nitrogens with one attached hydrogen (secondary N) is 1. The first-order valence-corrected chi connectivity index (χ1v) is 9.05. The fraction of sp³-hybridized carbons (Fsp3) is 0.474. The van der Waals surface area contributed by atoms with E-state index in [9.17, 15) is 9.59 Å². The van der Waals surface area contributed by atoms with Crippen LogP contribution in [0.25, 0.3) is 0 Å². The first-order chi connectivity index (χ1) is 12.6. The first-order valence-electron chi connectivity index (χ1n) is 9.05. The molecule has 7 nitrogen and oxygen atoms in total. The largest absolute Gasteiger partial charge is 0.478 e. The van der Waals surface area contributed by atoms with Crippen LogP contribution in [0.4, 0.5) is 5.69 Å². The molecular formula is C19H23N3O4. The van der Waals surface area contributed by atoms with Crippen molar-refractivity contribution in [3.05, 3.63) is 41.5 Å². The molecule has 1 aromatic carbocycles. The van der Waals surface area contributed by atoms with E-state index in [1.54, 1.807) is 18.2 Å². The second kappa shape index (κ2) is 8.60. The molecule has 2 N–H and O–H groups in total. The number of nitrogens with zero attached hydrogens (tertiary/aromatic N) is 2. The summed E-state index contributed by atoms with van der Waals surface area (Å²) < 4.78 is 5.23. The van der Waals surface area contributed by atoms with Crippen LogP contribution in [-0.4, -0.2) is 27.1 Å². The average Bonchev–Trinajstić information content (AvgIpc) is 3.08. The summed E-state index contributed by atoms with van der Waals surface area (Å²) in [5.41, 5.74) is 0.299. The Morgan fingerprint density at radius 2 is 1.96 bits per heavy atom. The first kappa shape index (κ1) is 18.1. The smallest absolute Gasteiger partial charge is 0.337 e. The Bertz CT molecular complexity index is 766. The van der Waals surface area contributed by atoms with Crippen molar-refractivity contribution < 1.29 is 19.2 Å². The summed E-state index contributed by atoms with van der Waals surface area (Å²) in [5, 5.41) is 15.6. The molecule has 26 heavy (non-hydrogen) atoms. The summed E-state index contributed by atoms with van der Waals surface area (Å²) in [7, 11) is 0. The maximum absolute atomic E-state index is 12.1. The van der Waals surface area contributed by atoms with Crippen molar-refractivity contribution in [1.82, 2.24) is 10.1 Å². The summed E-state index contributed by atoms with van der Waals surface area (Å²) >= 11 is 0. The highest BCUT2D eigenvalue weighted by atomic mass is 16.5. The standard InChI is InChI=1S/C19H23N3O4/c23-17(20-15-9-5-4-8-14(15)19(24)25)12-16-21-18(26-22-16)11-10-13-6-2-1-3-7-13/h4-5,8-9,13H,1-3,6-7,10-12H2,(H,20,23)(H,24,25). The SMILES string of the molecule is O=C(Cc1noc(CCC2CCCCC2)n1)Nc1ccccc1C(=O)O. The monoisotopic (exact) mass is 357 g/mol. The van der Waals surface area contributed by atoms with Gasteiger partial charge >= 0.3 is 5.97 Å². The van der Waals surface area contributed by atoms with Gasteiger partial charge in [-0.1, -0.05) is 49.4 Å². The molecule has 1 heterocycles. The van der Waals surface area contributed by atoms with Crippen molar-refractivity contribution in [2.24, 2.45) is 5.92 Å². The Morgan fingerprint density at radius 1 is 1.19 bits per heavy atom. The molecule has 0 aliphatic heterocycles. The lowest BCUT2D eigenvalue weighted by Gasteiger charge is -2.20. The van der Waals surface area contributed by atoms with Crippen molar-refractivity contribution >= 4 is 17.6 Å². The van der Waals surface area contributed by atoms with Gasteiger partial charge in [0.15, 0.2) is 5.82 Å². The molecule has 2 aromatic rings. The topological polar surface area (TPSA) is 105 Å². The molecule has 1 fully saturated rings. The van der Waals surface area contributed by atoms with Gasteiger partial charge in [-0.15, -0.1) is 0 Å². The summed E-state index contributed by atoms with van der Waals surface area (Å²) in [4.78, 5) is 27.6. The second-order valence-electron chi connectivity index (χ2n) is 6.72. The van der Waals surface area contributed by atoms with Crippen molar-refractivity contribution in [2.45, 2.75) is 51.4 Å². The number of carbonyl (C=O) groups is 2. The fourth-order valence-corrected chi connectivity index (χ4v) is 3.38. The third-order valence-corrected chi connectivity index (χ3v) is 4.75. The molecule has 1 saturated carbocycles. The molecule has 7 heteroatoms. The molecule has 1 aliphatic carbocycles. The lowest BCUT2D eigenvalue weighted by Crippen LogP contribution is -2.17. The van der Waals surface area contributed by atoms with Crippen LogP contribution in [0.5, 0.6) is 0 Å². The molecular weight excluding hydrogens is 334 g/mol. The maximum atomic E-state index is 12.1. The number of hydrogen-bond donors (Lipinski definition) is 2. The van der Waals surface area contributed by atoms with E-state index >= 15 is 0 Å². The Hall–Kier alpha value is -2.70. The molecule has 1 amide bonds. The van der Waals surface area contributed by atoms with E-state index in [0.29, 0.717) is 11.7 Å². The molecule has 3 rings (SSSR count). The summed E-state index contributed by atoms with van der Waals surface area (Å²) in [6.07, 6.45) is 8.21. The minimum Gasteiger partial charge on any atom is -0.478 e. The zero-order valence-electron chi connectivity index (χ0n) is 14.6. The number of para-hydroxylation sites is 1. The van der Waals surface area contributed by atoms with Crippen molar-refractivity contribution in [3.63, 3.8) is 0 Å². The number of benzene rings is 1. The van der Waals surface area contributed by atoms with Gasteiger partial charge in [0.05, 0.1) is 17.7 Å². The molecule has 0 spiro atoms. The highest BCUT2D eigenvalue weighted by Gasteiger charge is 2.17. The highest BCUT2D eigenvalue weighted by Crippen LogP contribution is 2.27. The average molecular weight is 357 g/mol. The third kappa shape index (κ3) is 4.91. The normalized spacial score (nSPS) is 14.9. The van der Waals surface area contributed by atoms with Gasteiger partial charge in [0.1, 0.15) is 0 Å². The van der Waals surface area contributed by atoms with Crippen molar-refractivity contribution in [1.29, 1.82) is 0 Å². The Morgan fingerprint density at radius 3 is 2.73 bits per heavy atom. The molecule has 0 unspecified atom stereocenters. The number of carboxylic acids is 1. The van der Waals surface area contributed by atoms with Crippen LogP contribution in [0.1, 0.15) is 60.6 Å². The summed E-state index contributed by atoms with van der Waals surface area (Å²) in [5.74, 6) is 0.136. The van der Waals surface area contributed by atoms with Crippen molar-refractivity contribution in [3.8, 4) is 0 Å². The van der Waals surface area contributed by atoms with E-state index in [-0.39, 0.29) is 23.6 Å². The van der Waals surface area contributed by atoms with Gasteiger partial charge in [-0.3, -0.25) is 4.79 Å². The number of aromatic carboxylic acids is 1. The Balaban J connectivity index is 1.52. The Labute approximate surface area is 151 Å². The molecule has 0 atom stereocenters. The van der Waals surface area contributed by atoms with Crippen LogP contribution in [0.3, 0.4) is 0 Å². The van der Waals surface area contributed by atoms with Gasteiger partial charge in [-0.05, 0) is 24.5 Å². The van der Waals surface area contributed by atoms with Gasteiger partial charge < -0.3 is 14.9 Å². The minimum atomic E-state index is -1.09. The van der Waals surface area contributed by atoms with E-state index in [2.05, 4.69) is 15.5 Å². The quantitative estimate of drug-likeness (QED) is 0.786. The maximum Gasteiger partial charge on any atom is 0.337 e. The van der Waals surface area contributed by atoms with Crippen LogP contribution >= 0.6 is 0 Å². The number of aromatic nitrogens is 2. The van der Waals surface area contributed by atoms with Crippen LogP contribution in [0, 0.1) is 5.92 Å². The van der Waals surface area contributed by atoms with Crippen molar-refractivity contribution in [2.75, 3.05) is 5.32 Å². The zero-order valence-corrected chi connectivity index (χ0v) is 14.6. The van der Waals surface area contributed by atoms with E-state index < -0.39 is 5.97 Å². The van der Waals surface area contributed by atoms with E-state index in [1.165, 1.54) is 38.2 Å². The molecule has 0 saturated heterocycles. The number of hydrogen-bond acceptors (Lipinski definition) is 5. The fourth-order valence-electron chi connectivity index (χ4n) is 3.38. The molecule has 1 aromatic heterocycles.